The first-order valence-electron chi connectivity index (χ1n) is 9.42. The molecule has 10 heteroatoms. The van der Waals surface area contributed by atoms with Crippen molar-refractivity contribution in [2.45, 2.75) is 23.9 Å². The number of ether oxygens (including phenoxy) is 2. The van der Waals surface area contributed by atoms with Gasteiger partial charge in [0.25, 0.3) is 5.91 Å². The number of methoxy groups -OCH3 is 2. The van der Waals surface area contributed by atoms with Crippen molar-refractivity contribution < 1.29 is 27.5 Å². The van der Waals surface area contributed by atoms with Crippen LogP contribution in [0, 0.1) is 0 Å². The third-order valence-corrected chi connectivity index (χ3v) is 7.06. The Labute approximate surface area is 181 Å². The lowest BCUT2D eigenvalue weighted by Gasteiger charge is -2.23. The molecule has 0 aromatic heterocycles. The summed E-state index contributed by atoms with van der Waals surface area (Å²) in [5.74, 6) is 0.483. The van der Waals surface area contributed by atoms with Crippen molar-refractivity contribution in [3.63, 3.8) is 0 Å². The number of nitrogens with one attached hydrogen (secondary N) is 1. The number of sulfonamides is 1. The lowest BCUT2D eigenvalue weighted by Crippen LogP contribution is -2.40. The van der Waals surface area contributed by atoms with Gasteiger partial charge in [0, 0.05) is 14.1 Å². The van der Waals surface area contributed by atoms with E-state index < -0.39 is 27.5 Å². The first kappa shape index (κ1) is 22.6. The third-order valence-electron chi connectivity index (χ3n) is 5.25. The van der Waals surface area contributed by atoms with E-state index in [0.29, 0.717) is 22.6 Å². The van der Waals surface area contributed by atoms with Gasteiger partial charge in [-0.05, 0) is 42.3 Å². The number of carbonyl (C=O) groups excluding carboxylic acids is 2. The standard InChI is InChI=1S/C21H25N3O6S/c1-21(15-9-10-17(29-4)18(12-15)30-5)19(25)24(20(26)22-21)13-14-7-6-8-16(11-14)31(27,28)23(2)3/h6-12H,13H2,1-5H3,(H,22,26)/t21-/m1/s1. The summed E-state index contributed by atoms with van der Waals surface area (Å²) >= 11 is 0. The monoisotopic (exact) mass is 447 g/mol. The largest absolute Gasteiger partial charge is 0.493 e. The number of hydrogen-bond donors (Lipinski definition) is 1. The molecule has 1 heterocycles. The van der Waals surface area contributed by atoms with E-state index in [2.05, 4.69) is 5.32 Å². The maximum Gasteiger partial charge on any atom is 0.325 e. The second kappa shape index (κ2) is 8.20. The summed E-state index contributed by atoms with van der Waals surface area (Å²) in [4.78, 5) is 27.0. The molecule has 1 aliphatic heterocycles. The maximum atomic E-state index is 13.2. The summed E-state index contributed by atoms with van der Waals surface area (Å²) in [6, 6.07) is 10.6. The smallest absolute Gasteiger partial charge is 0.325 e. The van der Waals surface area contributed by atoms with Gasteiger partial charge in [-0.1, -0.05) is 18.2 Å². The van der Waals surface area contributed by atoms with Gasteiger partial charge in [-0.25, -0.2) is 17.5 Å². The van der Waals surface area contributed by atoms with Crippen LogP contribution in [0.5, 0.6) is 11.5 Å². The van der Waals surface area contributed by atoms with E-state index in [1.54, 1.807) is 37.3 Å². The molecule has 3 amide bonds. The van der Waals surface area contributed by atoms with E-state index >= 15 is 0 Å². The van der Waals surface area contributed by atoms with Gasteiger partial charge in [0.05, 0.1) is 25.7 Å². The summed E-state index contributed by atoms with van der Waals surface area (Å²) in [5, 5.41) is 2.73. The molecule has 0 unspecified atom stereocenters. The second-order valence-corrected chi connectivity index (χ2v) is 9.60. The van der Waals surface area contributed by atoms with Crippen LogP contribution in [0.15, 0.2) is 47.4 Å². The van der Waals surface area contributed by atoms with Crippen LogP contribution in [0.2, 0.25) is 0 Å². The van der Waals surface area contributed by atoms with Gasteiger partial charge in [0.15, 0.2) is 11.5 Å². The molecule has 166 valence electrons. The number of hydrogen-bond acceptors (Lipinski definition) is 6. The van der Waals surface area contributed by atoms with Crippen LogP contribution in [-0.4, -0.2) is 57.9 Å². The summed E-state index contributed by atoms with van der Waals surface area (Å²) in [5.41, 5.74) is -0.248. The molecular weight excluding hydrogens is 422 g/mol. The number of nitrogens with zero attached hydrogens (tertiary/aromatic N) is 2. The minimum atomic E-state index is -3.64. The van der Waals surface area contributed by atoms with Crippen molar-refractivity contribution in [2.75, 3.05) is 28.3 Å². The number of urea groups is 1. The highest BCUT2D eigenvalue weighted by atomic mass is 32.2. The van der Waals surface area contributed by atoms with E-state index in [-0.39, 0.29) is 11.4 Å². The Balaban J connectivity index is 1.91. The number of amides is 3. The average molecular weight is 448 g/mol. The molecule has 1 saturated heterocycles. The molecule has 2 aromatic rings. The van der Waals surface area contributed by atoms with Gasteiger partial charge < -0.3 is 14.8 Å². The highest BCUT2D eigenvalue weighted by Gasteiger charge is 2.49. The molecule has 31 heavy (non-hydrogen) atoms. The predicted molar refractivity (Wildman–Crippen MR) is 113 cm³/mol. The number of benzene rings is 2. The zero-order chi connectivity index (χ0) is 23.0. The molecule has 2 aromatic carbocycles. The van der Waals surface area contributed by atoms with Crippen molar-refractivity contribution in [3.05, 3.63) is 53.6 Å². The van der Waals surface area contributed by atoms with Crippen LogP contribution in [-0.2, 0) is 26.9 Å². The Bertz CT molecular complexity index is 1130. The fourth-order valence-corrected chi connectivity index (χ4v) is 4.35. The lowest BCUT2D eigenvalue weighted by atomic mass is 9.91. The molecule has 0 aliphatic carbocycles. The van der Waals surface area contributed by atoms with Gasteiger partial charge in [-0.15, -0.1) is 0 Å². The van der Waals surface area contributed by atoms with E-state index in [1.165, 1.54) is 40.4 Å². The van der Waals surface area contributed by atoms with Crippen molar-refractivity contribution in [2.24, 2.45) is 0 Å². The van der Waals surface area contributed by atoms with Gasteiger partial charge in [0.2, 0.25) is 10.0 Å². The highest BCUT2D eigenvalue weighted by Crippen LogP contribution is 2.35. The molecule has 0 radical (unpaired) electrons. The molecule has 0 saturated carbocycles. The predicted octanol–water partition coefficient (Wildman–Crippen LogP) is 1.92. The topological polar surface area (TPSA) is 105 Å². The van der Waals surface area contributed by atoms with Crippen LogP contribution in [0.25, 0.3) is 0 Å². The molecule has 1 atom stereocenters. The maximum absolute atomic E-state index is 13.2. The summed E-state index contributed by atoms with van der Waals surface area (Å²) < 4.78 is 36.4. The third kappa shape index (κ3) is 3.96. The Morgan fingerprint density at radius 1 is 1.03 bits per heavy atom. The zero-order valence-electron chi connectivity index (χ0n) is 18.0. The molecule has 0 bridgehead atoms. The highest BCUT2D eigenvalue weighted by molar-refractivity contribution is 7.89. The number of rotatable bonds is 7. The lowest BCUT2D eigenvalue weighted by molar-refractivity contribution is -0.131. The first-order chi connectivity index (χ1) is 14.5. The van der Waals surface area contributed by atoms with E-state index in [1.807, 2.05) is 0 Å². The van der Waals surface area contributed by atoms with Crippen LogP contribution in [0.1, 0.15) is 18.1 Å². The van der Waals surface area contributed by atoms with Crippen LogP contribution in [0.3, 0.4) is 0 Å². The SMILES string of the molecule is COc1ccc([C@@]2(C)NC(=O)N(Cc3cccc(S(=O)(=O)N(C)C)c3)C2=O)cc1OC. The normalized spacial score (nSPS) is 19.0. The summed E-state index contributed by atoms with van der Waals surface area (Å²) in [6.07, 6.45) is 0. The van der Waals surface area contributed by atoms with Gasteiger partial charge in [-0.2, -0.15) is 0 Å². The number of imide groups is 1. The van der Waals surface area contributed by atoms with Gasteiger partial charge >= 0.3 is 6.03 Å². The van der Waals surface area contributed by atoms with Crippen molar-refractivity contribution >= 4 is 22.0 Å². The fraction of sp³-hybridized carbons (Fsp3) is 0.333. The fourth-order valence-electron chi connectivity index (χ4n) is 3.38. The van der Waals surface area contributed by atoms with Crippen molar-refractivity contribution in [1.29, 1.82) is 0 Å². The van der Waals surface area contributed by atoms with E-state index in [4.69, 9.17) is 9.47 Å². The van der Waals surface area contributed by atoms with Crippen LogP contribution in [0.4, 0.5) is 4.79 Å². The quantitative estimate of drug-likeness (QED) is 0.650. The number of carbonyl (C=O) groups is 2. The Hall–Kier alpha value is -3.11. The molecule has 9 nitrogen and oxygen atoms in total. The summed E-state index contributed by atoms with van der Waals surface area (Å²) in [6.45, 7) is 1.55. The molecule has 1 aliphatic rings. The van der Waals surface area contributed by atoms with Crippen LogP contribution < -0.4 is 14.8 Å². The molecule has 3 rings (SSSR count). The molecular formula is C21H25N3O6S. The molecule has 1 N–H and O–H groups in total. The van der Waals surface area contributed by atoms with Crippen molar-refractivity contribution in [1.82, 2.24) is 14.5 Å². The van der Waals surface area contributed by atoms with E-state index in [9.17, 15) is 18.0 Å². The van der Waals surface area contributed by atoms with Gasteiger partial charge in [-0.3, -0.25) is 9.69 Å². The second-order valence-electron chi connectivity index (χ2n) is 7.45. The Kier molecular flexibility index (Phi) is 5.97. The van der Waals surface area contributed by atoms with Crippen molar-refractivity contribution in [3.8, 4) is 11.5 Å². The minimum Gasteiger partial charge on any atom is -0.493 e. The minimum absolute atomic E-state index is 0.0651. The van der Waals surface area contributed by atoms with Crippen LogP contribution >= 0.6 is 0 Å². The first-order valence-corrected chi connectivity index (χ1v) is 10.9. The average Bonchev–Trinajstić information content (AvgIpc) is 2.97. The zero-order valence-corrected chi connectivity index (χ0v) is 18.8. The summed E-state index contributed by atoms with van der Waals surface area (Å²) in [7, 11) is 2.23. The van der Waals surface area contributed by atoms with Gasteiger partial charge in [0.1, 0.15) is 5.54 Å². The Morgan fingerprint density at radius 3 is 2.32 bits per heavy atom. The van der Waals surface area contributed by atoms with E-state index in [0.717, 1.165) is 9.21 Å². The molecule has 0 spiro atoms. The Morgan fingerprint density at radius 2 is 1.71 bits per heavy atom. The molecule has 1 fully saturated rings.